The van der Waals surface area contributed by atoms with E-state index in [1.807, 2.05) is 0 Å². The standard InChI is InChI=1S/C12H12O5/c1-16-10-5-3-8(7-11(10)17-2)9(13)4-6-12(14)15/h3-7H,1-2H3,(H,14,15)/b6-4+. The molecule has 0 aliphatic carbocycles. The number of hydrogen-bond donors (Lipinski definition) is 1. The lowest BCUT2D eigenvalue weighted by Gasteiger charge is -2.07. The molecule has 5 heteroatoms. The van der Waals surface area contributed by atoms with Crippen LogP contribution in [0.3, 0.4) is 0 Å². The average molecular weight is 236 g/mol. The second-order valence-electron chi connectivity index (χ2n) is 3.11. The van der Waals surface area contributed by atoms with Gasteiger partial charge in [-0.2, -0.15) is 0 Å². The summed E-state index contributed by atoms with van der Waals surface area (Å²) in [5, 5.41) is 8.41. The van der Waals surface area contributed by atoms with Crippen LogP contribution in [0.15, 0.2) is 30.4 Å². The van der Waals surface area contributed by atoms with Crippen LogP contribution in [0, 0.1) is 0 Å². The zero-order valence-electron chi connectivity index (χ0n) is 9.47. The van der Waals surface area contributed by atoms with Crippen molar-refractivity contribution in [2.75, 3.05) is 14.2 Å². The molecule has 0 radical (unpaired) electrons. The average Bonchev–Trinajstić information content (AvgIpc) is 2.34. The van der Waals surface area contributed by atoms with E-state index in [4.69, 9.17) is 14.6 Å². The summed E-state index contributed by atoms with van der Waals surface area (Å²) in [6, 6.07) is 4.61. The quantitative estimate of drug-likeness (QED) is 0.620. The summed E-state index contributed by atoms with van der Waals surface area (Å²) in [4.78, 5) is 21.8. The van der Waals surface area contributed by atoms with Crippen molar-refractivity contribution in [2.24, 2.45) is 0 Å². The molecule has 17 heavy (non-hydrogen) atoms. The number of allylic oxidation sites excluding steroid dienone is 1. The van der Waals surface area contributed by atoms with E-state index in [-0.39, 0.29) is 0 Å². The highest BCUT2D eigenvalue weighted by molar-refractivity contribution is 6.07. The smallest absolute Gasteiger partial charge is 0.328 e. The fourth-order valence-corrected chi connectivity index (χ4v) is 1.23. The fraction of sp³-hybridized carbons (Fsp3) is 0.167. The van der Waals surface area contributed by atoms with E-state index in [9.17, 15) is 9.59 Å². The van der Waals surface area contributed by atoms with Gasteiger partial charge in [-0.15, -0.1) is 0 Å². The second kappa shape index (κ2) is 5.69. The number of carbonyl (C=O) groups excluding carboxylic acids is 1. The van der Waals surface area contributed by atoms with Crippen molar-refractivity contribution in [2.45, 2.75) is 0 Å². The highest BCUT2D eigenvalue weighted by atomic mass is 16.5. The maximum Gasteiger partial charge on any atom is 0.328 e. The van der Waals surface area contributed by atoms with Gasteiger partial charge in [0.15, 0.2) is 17.3 Å². The third kappa shape index (κ3) is 3.34. The van der Waals surface area contributed by atoms with E-state index >= 15 is 0 Å². The number of carbonyl (C=O) groups is 2. The maximum atomic E-state index is 11.6. The maximum absolute atomic E-state index is 11.6. The van der Waals surface area contributed by atoms with Crippen molar-refractivity contribution in [3.8, 4) is 11.5 Å². The van der Waals surface area contributed by atoms with Gasteiger partial charge in [-0.05, 0) is 24.3 Å². The Morgan fingerprint density at radius 1 is 1.12 bits per heavy atom. The summed E-state index contributed by atoms with van der Waals surface area (Å²) in [5.74, 6) is -0.652. The van der Waals surface area contributed by atoms with Gasteiger partial charge in [0, 0.05) is 11.6 Å². The number of ketones is 1. The number of methoxy groups -OCH3 is 2. The van der Waals surface area contributed by atoms with Crippen LogP contribution < -0.4 is 9.47 Å². The molecule has 0 aromatic heterocycles. The highest BCUT2D eigenvalue weighted by Gasteiger charge is 2.08. The van der Waals surface area contributed by atoms with Crippen LogP contribution >= 0.6 is 0 Å². The Morgan fingerprint density at radius 3 is 2.29 bits per heavy atom. The largest absolute Gasteiger partial charge is 0.493 e. The topological polar surface area (TPSA) is 72.8 Å². The number of aliphatic carboxylic acids is 1. The van der Waals surface area contributed by atoms with Gasteiger partial charge in [0.1, 0.15) is 0 Å². The molecule has 0 aliphatic heterocycles. The molecule has 0 heterocycles. The number of carboxylic acid groups (broad SMARTS) is 1. The Labute approximate surface area is 98.3 Å². The Bertz CT molecular complexity index is 462. The minimum absolute atomic E-state index is 0.333. The fourth-order valence-electron chi connectivity index (χ4n) is 1.23. The molecule has 1 N–H and O–H groups in total. The Balaban J connectivity index is 2.99. The molecule has 0 unspecified atom stereocenters. The van der Waals surface area contributed by atoms with Gasteiger partial charge in [0.2, 0.25) is 0 Å². The third-order valence-corrected chi connectivity index (χ3v) is 2.05. The highest BCUT2D eigenvalue weighted by Crippen LogP contribution is 2.27. The summed E-state index contributed by atoms with van der Waals surface area (Å²) in [6.07, 6.45) is 1.78. The first-order valence-electron chi connectivity index (χ1n) is 4.76. The van der Waals surface area contributed by atoms with E-state index < -0.39 is 11.8 Å². The number of benzene rings is 1. The molecular weight excluding hydrogens is 224 g/mol. The predicted octanol–water partition coefficient (Wildman–Crippen LogP) is 1.53. The first-order chi connectivity index (χ1) is 8.08. The van der Waals surface area contributed by atoms with Crippen LogP contribution in [-0.2, 0) is 4.79 Å². The number of hydrogen-bond acceptors (Lipinski definition) is 4. The van der Waals surface area contributed by atoms with Crippen LogP contribution in [0.5, 0.6) is 11.5 Å². The second-order valence-corrected chi connectivity index (χ2v) is 3.11. The molecule has 0 saturated carbocycles. The van der Waals surface area contributed by atoms with Gasteiger partial charge in [0.05, 0.1) is 14.2 Å². The summed E-state index contributed by atoms with van der Waals surface area (Å²) in [6.45, 7) is 0. The van der Waals surface area contributed by atoms with Crippen molar-refractivity contribution >= 4 is 11.8 Å². The molecule has 0 fully saturated rings. The lowest BCUT2D eigenvalue weighted by atomic mass is 10.1. The van der Waals surface area contributed by atoms with E-state index in [1.54, 1.807) is 6.07 Å². The van der Waals surface area contributed by atoms with Crippen molar-refractivity contribution in [3.63, 3.8) is 0 Å². The molecule has 1 aromatic carbocycles. The minimum atomic E-state index is -1.17. The van der Waals surface area contributed by atoms with E-state index in [2.05, 4.69) is 0 Å². The van der Waals surface area contributed by atoms with Crippen molar-refractivity contribution in [3.05, 3.63) is 35.9 Å². The molecule has 0 aliphatic rings. The summed E-state index contributed by atoms with van der Waals surface area (Å²) < 4.78 is 10.1. The molecule has 0 amide bonds. The Morgan fingerprint density at radius 2 is 1.76 bits per heavy atom. The molecular formula is C12H12O5. The summed E-state index contributed by atoms with van der Waals surface area (Å²) in [7, 11) is 2.95. The zero-order chi connectivity index (χ0) is 12.8. The zero-order valence-corrected chi connectivity index (χ0v) is 9.47. The molecule has 5 nitrogen and oxygen atoms in total. The number of ether oxygens (including phenoxy) is 2. The first-order valence-corrected chi connectivity index (χ1v) is 4.76. The predicted molar refractivity (Wildman–Crippen MR) is 60.7 cm³/mol. The normalized spacial score (nSPS) is 10.2. The van der Waals surface area contributed by atoms with Gasteiger partial charge in [-0.25, -0.2) is 4.79 Å². The Kier molecular flexibility index (Phi) is 4.28. The molecule has 1 rings (SSSR count). The van der Waals surface area contributed by atoms with E-state index in [1.165, 1.54) is 26.4 Å². The van der Waals surface area contributed by atoms with Gasteiger partial charge in [-0.1, -0.05) is 0 Å². The molecule has 90 valence electrons. The van der Waals surface area contributed by atoms with Crippen molar-refractivity contribution in [1.82, 2.24) is 0 Å². The third-order valence-electron chi connectivity index (χ3n) is 2.05. The van der Waals surface area contributed by atoms with E-state index in [0.29, 0.717) is 17.1 Å². The number of rotatable bonds is 5. The van der Waals surface area contributed by atoms with Crippen LogP contribution in [0.2, 0.25) is 0 Å². The van der Waals surface area contributed by atoms with Crippen molar-refractivity contribution in [1.29, 1.82) is 0 Å². The molecule has 1 aromatic rings. The number of carboxylic acids is 1. The van der Waals surface area contributed by atoms with E-state index in [0.717, 1.165) is 12.2 Å². The lowest BCUT2D eigenvalue weighted by molar-refractivity contribution is -0.131. The molecule has 0 atom stereocenters. The van der Waals surface area contributed by atoms with Crippen LogP contribution in [0.25, 0.3) is 0 Å². The lowest BCUT2D eigenvalue weighted by Crippen LogP contribution is -1.98. The van der Waals surface area contributed by atoms with Crippen molar-refractivity contribution < 1.29 is 24.2 Å². The van der Waals surface area contributed by atoms with Gasteiger partial charge >= 0.3 is 5.97 Å². The molecule has 0 spiro atoms. The molecule has 0 saturated heterocycles. The van der Waals surface area contributed by atoms with Crippen LogP contribution in [0.1, 0.15) is 10.4 Å². The molecule has 0 bridgehead atoms. The summed E-state index contributed by atoms with van der Waals surface area (Å²) >= 11 is 0. The van der Waals surface area contributed by atoms with Crippen LogP contribution in [0.4, 0.5) is 0 Å². The van der Waals surface area contributed by atoms with Crippen LogP contribution in [-0.4, -0.2) is 31.1 Å². The van der Waals surface area contributed by atoms with Gasteiger partial charge in [0.25, 0.3) is 0 Å². The minimum Gasteiger partial charge on any atom is -0.493 e. The Hall–Kier alpha value is -2.30. The van der Waals surface area contributed by atoms with Gasteiger partial charge in [-0.3, -0.25) is 4.79 Å². The van der Waals surface area contributed by atoms with Gasteiger partial charge < -0.3 is 14.6 Å². The first kappa shape index (κ1) is 12.8. The SMILES string of the molecule is COc1ccc(C(=O)/C=C/C(=O)O)cc1OC. The monoisotopic (exact) mass is 236 g/mol. The summed E-state index contributed by atoms with van der Waals surface area (Å²) in [5.41, 5.74) is 0.333.